The zero-order chi connectivity index (χ0) is 20.1. The van der Waals surface area contributed by atoms with Crippen molar-refractivity contribution < 1.29 is 9.84 Å². The predicted molar refractivity (Wildman–Crippen MR) is 118 cm³/mol. The highest BCUT2D eigenvalue weighted by Gasteiger charge is 2.60. The fourth-order valence-corrected chi connectivity index (χ4v) is 7.82. The fourth-order valence-electron chi connectivity index (χ4n) is 7.82. The molecule has 0 saturated heterocycles. The minimum Gasteiger partial charge on any atom is -0.490 e. The summed E-state index contributed by atoms with van der Waals surface area (Å²) in [5, 5.41) is 11.6. The molecule has 0 spiro atoms. The average molecular weight is 397 g/mol. The van der Waals surface area contributed by atoms with Crippen molar-refractivity contribution in [1.29, 1.82) is 0 Å². The highest BCUT2D eigenvalue weighted by Crippen LogP contribution is 2.65. The molecule has 5 rings (SSSR count). The highest BCUT2D eigenvalue weighted by atomic mass is 16.5. The standard InChI is InChI=1S/C27H40O2/c1-3-4-15-27(28)17-14-25-24-11-9-19-18-21(29-20-7-5-6-8-20)10-12-22(19)23(24)13-16-26(25,27)2/h10,12,18,20,23-25,28H,3-9,11,13-17H2,1-2H3/t23-,24-,25+,26+,27+/m1/s1. The summed E-state index contributed by atoms with van der Waals surface area (Å²) in [6.45, 7) is 4.68. The van der Waals surface area contributed by atoms with Crippen molar-refractivity contribution in [3.8, 4) is 5.75 Å². The largest absolute Gasteiger partial charge is 0.490 e. The quantitative estimate of drug-likeness (QED) is 0.594. The molecule has 2 nitrogen and oxygen atoms in total. The first-order valence-electron chi connectivity index (χ1n) is 12.6. The molecule has 0 aromatic heterocycles. The van der Waals surface area contributed by atoms with Crippen LogP contribution in [0, 0.1) is 17.3 Å². The third-order valence-electron chi connectivity index (χ3n) is 9.57. The molecule has 5 atom stereocenters. The van der Waals surface area contributed by atoms with Crippen LogP contribution in [0.15, 0.2) is 18.2 Å². The number of hydrogen-bond donors (Lipinski definition) is 1. The monoisotopic (exact) mass is 396 g/mol. The van der Waals surface area contributed by atoms with E-state index in [-0.39, 0.29) is 5.41 Å². The van der Waals surface area contributed by atoms with Crippen LogP contribution >= 0.6 is 0 Å². The molecule has 4 aliphatic carbocycles. The maximum atomic E-state index is 11.6. The lowest BCUT2D eigenvalue weighted by Gasteiger charge is -2.53. The number of ether oxygens (including phenoxy) is 1. The van der Waals surface area contributed by atoms with E-state index in [4.69, 9.17) is 4.74 Å². The lowest BCUT2D eigenvalue weighted by Crippen LogP contribution is -2.50. The number of rotatable bonds is 5. The number of aryl methyl sites for hydroxylation is 1. The van der Waals surface area contributed by atoms with Gasteiger partial charge in [0.15, 0.2) is 0 Å². The second kappa shape index (κ2) is 7.59. The molecular weight excluding hydrogens is 356 g/mol. The SMILES string of the molecule is CCCC[C@]1(O)CC[C@H]2[C@@H]3CCc4cc(OC5CCCC5)ccc4[C@H]3CC[C@@]21C. The van der Waals surface area contributed by atoms with E-state index in [0.29, 0.717) is 17.9 Å². The van der Waals surface area contributed by atoms with E-state index in [2.05, 4.69) is 32.0 Å². The summed E-state index contributed by atoms with van der Waals surface area (Å²) in [5.74, 6) is 3.26. The predicted octanol–water partition coefficient (Wildman–Crippen LogP) is 6.79. The molecule has 4 aliphatic rings. The molecule has 1 aromatic carbocycles. The van der Waals surface area contributed by atoms with Crippen molar-refractivity contribution in [3.05, 3.63) is 29.3 Å². The molecule has 0 amide bonds. The molecule has 2 heteroatoms. The second-order valence-corrected chi connectivity index (χ2v) is 10.9. The van der Waals surface area contributed by atoms with Crippen molar-refractivity contribution >= 4 is 0 Å². The summed E-state index contributed by atoms with van der Waals surface area (Å²) >= 11 is 0. The average Bonchev–Trinajstić information content (AvgIpc) is 3.32. The van der Waals surface area contributed by atoms with Gasteiger partial charge in [-0.25, -0.2) is 0 Å². The Balaban J connectivity index is 1.35. The number of hydrogen-bond acceptors (Lipinski definition) is 2. The number of aliphatic hydroxyl groups is 1. The van der Waals surface area contributed by atoms with Crippen molar-refractivity contribution in [2.45, 2.75) is 115 Å². The lowest BCUT2D eigenvalue weighted by molar-refractivity contribution is -0.108. The summed E-state index contributed by atoms with van der Waals surface area (Å²) in [6.07, 6.45) is 16.1. The van der Waals surface area contributed by atoms with Gasteiger partial charge in [0, 0.05) is 0 Å². The molecule has 0 bridgehead atoms. The first kappa shape index (κ1) is 19.9. The Bertz CT molecular complexity index is 736. The van der Waals surface area contributed by atoms with Gasteiger partial charge in [-0.1, -0.05) is 32.8 Å². The summed E-state index contributed by atoms with van der Waals surface area (Å²) in [4.78, 5) is 0. The molecule has 3 fully saturated rings. The molecule has 29 heavy (non-hydrogen) atoms. The molecule has 0 aliphatic heterocycles. The van der Waals surface area contributed by atoms with Gasteiger partial charge in [0.05, 0.1) is 11.7 Å². The molecule has 0 radical (unpaired) electrons. The number of fused-ring (bicyclic) bond motifs is 5. The summed E-state index contributed by atoms with van der Waals surface area (Å²) in [5.41, 5.74) is 2.86. The summed E-state index contributed by atoms with van der Waals surface area (Å²) < 4.78 is 6.29. The zero-order valence-electron chi connectivity index (χ0n) is 18.6. The van der Waals surface area contributed by atoms with Crippen LogP contribution in [0.2, 0.25) is 0 Å². The molecule has 160 valence electrons. The first-order valence-corrected chi connectivity index (χ1v) is 12.6. The van der Waals surface area contributed by atoms with E-state index in [9.17, 15) is 5.11 Å². The van der Waals surface area contributed by atoms with Gasteiger partial charge in [-0.15, -0.1) is 0 Å². The van der Waals surface area contributed by atoms with Crippen LogP contribution in [-0.2, 0) is 6.42 Å². The van der Waals surface area contributed by atoms with E-state index in [1.165, 1.54) is 70.6 Å². The van der Waals surface area contributed by atoms with Crippen LogP contribution in [-0.4, -0.2) is 16.8 Å². The number of unbranched alkanes of at least 4 members (excludes halogenated alkanes) is 1. The molecule has 0 heterocycles. The Morgan fingerprint density at radius 1 is 1.07 bits per heavy atom. The van der Waals surface area contributed by atoms with Crippen LogP contribution in [0.4, 0.5) is 0 Å². The fraction of sp³-hybridized carbons (Fsp3) is 0.778. The smallest absolute Gasteiger partial charge is 0.120 e. The van der Waals surface area contributed by atoms with E-state index in [0.717, 1.165) is 24.5 Å². The Morgan fingerprint density at radius 2 is 1.90 bits per heavy atom. The van der Waals surface area contributed by atoms with Gasteiger partial charge in [-0.2, -0.15) is 0 Å². The van der Waals surface area contributed by atoms with Crippen LogP contribution in [0.1, 0.15) is 108 Å². The minimum atomic E-state index is -0.419. The molecular formula is C27H40O2. The van der Waals surface area contributed by atoms with Gasteiger partial charge in [-0.3, -0.25) is 0 Å². The first-order chi connectivity index (χ1) is 14.0. The normalized spacial score (nSPS) is 39.1. The lowest BCUT2D eigenvalue weighted by atomic mass is 9.53. The van der Waals surface area contributed by atoms with E-state index >= 15 is 0 Å². The zero-order valence-corrected chi connectivity index (χ0v) is 18.6. The second-order valence-electron chi connectivity index (χ2n) is 10.9. The number of benzene rings is 1. The van der Waals surface area contributed by atoms with Gasteiger partial charge < -0.3 is 9.84 Å². The Hall–Kier alpha value is -1.02. The van der Waals surface area contributed by atoms with Gasteiger partial charge in [0.1, 0.15) is 5.75 Å². The van der Waals surface area contributed by atoms with Gasteiger partial charge >= 0.3 is 0 Å². The molecule has 1 aromatic rings. The summed E-state index contributed by atoms with van der Waals surface area (Å²) in [6, 6.07) is 7.01. The molecule has 1 N–H and O–H groups in total. The molecule has 0 unspecified atom stereocenters. The van der Waals surface area contributed by atoms with Crippen LogP contribution in [0.3, 0.4) is 0 Å². The van der Waals surface area contributed by atoms with E-state index in [1.54, 1.807) is 11.1 Å². The minimum absolute atomic E-state index is 0.131. The van der Waals surface area contributed by atoms with E-state index in [1.807, 2.05) is 0 Å². The van der Waals surface area contributed by atoms with Crippen LogP contribution in [0.25, 0.3) is 0 Å². The summed E-state index contributed by atoms with van der Waals surface area (Å²) in [7, 11) is 0. The van der Waals surface area contributed by atoms with Gasteiger partial charge in [0.2, 0.25) is 0 Å². The maximum absolute atomic E-state index is 11.6. The van der Waals surface area contributed by atoms with Gasteiger partial charge in [0.25, 0.3) is 0 Å². The third-order valence-corrected chi connectivity index (χ3v) is 9.57. The third kappa shape index (κ3) is 3.25. The maximum Gasteiger partial charge on any atom is 0.120 e. The Kier molecular flexibility index (Phi) is 5.21. The van der Waals surface area contributed by atoms with Crippen LogP contribution in [0.5, 0.6) is 5.75 Å². The van der Waals surface area contributed by atoms with Crippen molar-refractivity contribution in [1.82, 2.24) is 0 Å². The molecule has 3 saturated carbocycles. The Labute approximate surface area is 177 Å². The van der Waals surface area contributed by atoms with Crippen molar-refractivity contribution in [2.24, 2.45) is 17.3 Å². The van der Waals surface area contributed by atoms with Crippen molar-refractivity contribution in [3.63, 3.8) is 0 Å². The van der Waals surface area contributed by atoms with E-state index < -0.39 is 5.60 Å². The van der Waals surface area contributed by atoms with Crippen LogP contribution < -0.4 is 4.74 Å². The Morgan fingerprint density at radius 3 is 2.69 bits per heavy atom. The highest BCUT2D eigenvalue weighted by molar-refractivity contribution is 5.41. The topological polar surface area (TPSA) is 29.5 Å². The van der Waals surface area contributed by atoms with Crippen molar-refractivity contribution in [2.75, 3.05) is 0 Å². The van der Waals surface area contributed by atoms with Gasteiger partial charge in [-0.05, 0) is 117 Å².